The van der Waals surface area contributed by atoms with Crippen LogP contribution in [0.5, 0.6) is 0 Å². The molecule has 1 fully saturated rings. The summed E-state index contributed by atoms with van der Waals surface area (Å²) < 4.78 is 0. The molecule has 28 heavy (non-hydrogen) atoms. The van der Waals surface area contributed by atoms with Gasteiger partial charge in [-0.15, -0.1) is 0 Å². The van der Waals surface area contributed by atoms with Crippen LogP contribution in [0.2, 0.25) is 0 Å². The van der Waals surface area contributed by atoms with Crippen molar-refractivity contribution in [1.82, 2.24) is 15.3 Å². The Hall–Kier alpha value is -3.16. The van der Waals surface area contributed by atoms with E-state index in [2.05, 4.69) is 25.5 Å². The number of carbonyl (C=O) groups is 2. The van der Waals surface area contributed by atoms with E-state index in [0.29, 0.717) is 17.3 Å². The van der Waals surface area contributed by atoms with Crippen LogP contribution in [0, 0.1) is 0 Å². The Labute approximate surface area is 164 Å². The van der Waals surface area contributed by atoms with Gasteiger partial charge in [-0.25, -0.2) is 14.8 Å². The molecule has 0 aliphatic carbocycles. The Bertz CT molecular complexity index is 888. The highest BCUT2D eigenvalue weighted by atomic mass is 16.2. The monoisotopic (exact) mass is 380 g/mol. The van der Waals surface area contributed by atoms with Gasteiger partial charge in [-0.2, -0.15) is 0 Å². The molecule has 2 N–H and O–H groups in total. The largest absolute Gasteiger partial charge is 0.366 e. The number of aromatic nitrogens is 2. The smallest absolute Gasteiger partial charge is 0.329 e. The first-order valence-corrected chi connectivity index (χ1v) is 9.65. The van der Waals surface area contributed by atoms with Crippen molar-refractivity contribution in [2.45, 2.75) is 38.8 Å². The second-order valence-corrected chi connectivity index (χ2v) is 7.23. The maximum absolute atomic E-state index is 13.0. The van der Waals surface area contributed by atoms with Gasteiger partial charge in [0, 0.05) is 25.3 Å². The first kappa shape index (κ1) is 18.2. The van der Waals surface area contributed by atoms with Crippen LogP contribution in [0.4, 0.5) is 22.1 Å². The Morgan fingerprint density at radius 1 is 1.29 bits per heavy atom. The Balaban J connectivity index is 1.65. The molecule has 2 bridgehead atoms. The summed E-state index contributed by atoms with van der Waals surface area (Å²) in [5.41, 5.74) is 1.20. The third-order valence-corrected chi connectivity index (χ3v) is 5.29. The van der Waals surface area contributed by atoms with E-state index in [9.17, 15) is 9.59 Å². The molecule has 4 rings (SSSR count). The van der Waals surface area contributed by atoms with Gasteiger partial charge in [-0.05, 0) is 44.0 Å². The molecule has 2 aliphatic rings. The van der Waals surface area contributed by atoms with Crippen molar-refractivity contribution in [3.63, 3.8) is 0 Å². The number of hydrogen-bond acceptors (Lipinski definition) is 5. The van der Waals surface area contributed by atoms with Crippen molar-refractivity contribution in [3.05, 3.63) is 42.2 Å². The average molecular weight is 380 g/mol. The molecule has 0 aromatic carbocycles. The Kier molecular flexibility index (Phi) is 4.85. The summed E-state index contributed by atoms with van der Waals surface area (Å²) in [6.07, 6.45) is 3.33. The van der Waals surface area contributed by atoms with Crippen LogP contribution in [0.3, 0.4) is 0 Å². The zero-order valence-electron chi connectivity index (χ0n) is 16.1. The maximum Gasteiger partial charge on any atom is 0.329 e. The molecule has 3 amide bonds. The predicted molar refractivity (Wildman–Crippen MR) is 108 cm³/mol. The maximum atomic E-state index is 13.0. The van der Waals surface area contributed by atoms with E-state index in [1.807, 2.05) is 26.0 Å². The third kappa shape index (κ3) is 3.37. The SMILES string of the molecule is CC[C@@H](C)NC(=O)c1ccc2c(n1)N(C(=O)Nc1ccccn1)C1CCN2C1. The van der Waals surface area contributed by atoms with Gasteiger partial charge >= 0.3 is 6.03 Å². The molecule has 2 aliphatic heterocycles. The zero-order chi connectivity index (χ0) is 19.7. The van der Waals surface area contributed by atoms with Crippen molar-refractivity contribution in [1.29, 1.82) is 0 Å². The Morgan fingerprint density at radius 2 is 2.14 bits per heavy atom. The van der Waals surface area contributed by atoms with Crippen LogP contribution in [-0.2, 0) is 0 Å². The number of urea groups is 1. The number of nitrogens with zero attached hydrogens (tertiary/aromatic N) is 4. The van der Waals surface area contributed by atoms with E-state index < -0.39 is 0 Å². The number of carbonyl (C=O) groups excluding carboxylic acids is 2. The minimum atomic E-state index is -0.279. The number of rotatable bonds is 4. The van der Waals surface area contributed by atoms with Crippen LogP contribution in [0.25, 0.3) is 0 Å². The second kappa shape index (κ2) is 7.46. The highest BCUT2D eigenvalue weighted by Crippen LogP contribution is 2.39. The molecule has 2 aromatic heterocycles. The molecule has 1 unspecified atom stereocenters. The number of fused-ring (bicyclic) bond motifs is 4. The first-order chi connectivity index (χ1) is 13.6. The van der Waals surface area contributed by atoms with Crippen LogP contribution < -0.4 is 20.4 Å². The van der Waals surface area contributed by atoms with Gasteiger partial charge in [0.1, 0.15) is 11.5 Å². The average Bonchev–Trinajstić information content (AvgIpc) is 3.12. The number of amides is 3. The quantitative estimate of drug-likeness (QED) is 0.851. The molecule has 1 saturated heterocycles. The van der Waals surface area contributed by atoms with Crippen LogP contribution in [0.1, 0.15) is 37.2 Å². The standard InChI is InChI=1S/C20H24N6O2/c1-3-13(2)22-19(27)15-7-8-16-18(23-15)26(14-9-11-25(16)12-14)20(28)24-17-6-4-5-10-21-17/h4-8,10,13-14H,3,9,11-12H2,1-2H3,(H,22,27)(H,21,24,28)/t13-,14?/m1/s1. The molecular formula is C20H24N6O2. The van der Waals surface area contributed by atoms with E-state index in [4.69, 9.17) is 0 Å². The number of anilines is 3. The second-order valence-electron chi connectivity index (χ2n) is 7.23. The third-order valence-electron chi connectivity index (χ3n) is 5.29. The lowest BCUT2D eigenvalue weighted by Gasteiger charge is -2.35. The topological polar surface area (TPSA) is 90.5 Å². The summed E-state index contributed by atoms with van der Waals surface area (Å²) >= 11 is 0. The van der Waals surface area contributed by atoms with Crippen molar-refractivity contribution in [3.8, 4) is 0 Å². The van der Waals surface area contributed by atoms with Gasteiger partial charge in [0.05, 0.1) is 11.7 Å². The van der Waals surface area contributed by atoms with Crippen LogP contribution in [0.15, 0.2) is 36.5 Å². The van der Waals surface area contributed by atoms with Gasteiger partial charge in [0.15, 0.2) is 5.82 Å². The van der Waals surface area contributed by atoms with Gasteiger partial charge in [0.25, 0.3) is 5.91 Å². The predicted octanol–water partition coefficient (Wildman–Crippen LogP) is 2.64. The van der Waals surface area contributed by atoms with Gasteiger partial charge < -0.3 is 10.2 Å². The summed E-state index contributed by atoms with van der Waals surface area (Å²) in [5.74, 6) is 0.786. The molecule has 0 radical (unpaired) electrons. The molecule has 0 spiro atoms. The summed E-state index contributed by atoms with van der Waals surface area (Å²) in [5, 5.41) is 5.77. The minimum absolute atomic E-state index is 0.0246. The number of nitrogens with one attached hydrogen (secondary N) is 2. The molecule has 4 heterocycles. The fourth-order valence-electron chi connectivity index (χ4n) is 3.60. The van der Waals surface area contributed by atoms with Gasteiger partial charge in [-0.1, -0.05) is 13.0 Å². The lowest BCUT2D eigenvalue weighted by atomic mass is 10.1. The summed E-state index contributed by atoms with van der Waals surface area (Å²) in [6, 6.07) is 8.78. The molecule has 8 nitrogen and oxygen atoms in total. The molecule has 0 saturated carbocycles. The van der Waals surface area contributed by atoms with Gasteiger partial charge in [0.2, 0.25) is 0 Å². The lowest BCUT2D eigenvalue weighted by molar-refractivity contribution is 0.0934. The highest BCUT2D eigenvalue weighted by Gasteiger charge is 2.40. The number of hydrogen-bond donors (Lipinski definition) is 2. The molecule has 8 heteroatoms. The van der Waals surface area contributed by atoms with Crippen molar-refractivity contribution in [2.75, 3.05) is 28.2 Å². The fraction of sp³-hybridized carbons (Fsp3) is 0.400. The fourth-order valence-corrected chi connectivity index (χ4v) is 3.60. The van der Waals surface area contributed by atoms with Crippen molar-refractivity contribution in [2.24, 2.45) is 0 Å². The molecule has 146 valence electrons. The number of pyridine rings is 2. The van der Waals surface area contributed by atoms with Crippen LogP contribution >= 0.6 is 0 Å². The highest BCUT2D eigenvalue weighted by molar-refractivity contribution is 6.05. The van der Waals surface area contributed by atoms with E-state index >= 15 is 0 Å². The van der Waals surface area contributed by atoms with Gasteiger partial charge in [-0.3, -0.25) is 15.0 Å². The Morgan fingerprint density at radius 3 is 2.89 bits per heavy atom. The molecule has 2 aromatic rings. The van der Waals surface area contributed by atoms with E-state index in [1.165, 1.54) is 0 Å². The summed E-state index contributed by atoms with van der Waals surface area (Å²) in [6.45, 7) is 5.60. The van der Waals surface area contributed by atoms with E-state index in [1.54, 1.807) is 29.3 Å². The lowest BCUT2D eigenvalue weighted by Crippen LogP contribution is -2.48. The molecular weight excluding hydrogens is 356 g/mol. The van der Waals surface area contributed by atoms with Crippen molar-refractivity contribution < 1.29 is 9.59 Å². The summed E-state index contributed by atoms with van der Waals surface area (Å²) in [4.78, 5) is 38.2. The van der Waals surface area contributed by atoms with E-state index in [0.717, 1.165) is 31.6 Å². The molecule has 2 atom stereocenters. The zero-order valence-corrected chi connectivity index (χ0v) is 16.1. The van der Waals surface area contributed by atoms with E-state index in [-0.39, 0.29) is 24.0 Å². The first-order valence-electron chi connectivity index (χ1n) is 9.65. The normalized spacial score (nSPS) is 18.4. The van der Waals surface area contributed by atoms with Crippen LogP contribution in [-0.4, -0.2) is 47.1 Å². The van der Waals surface area contributed by atoms with Crippen molar-refractivity contribution >= 4 is 29.3 Å². The minimum Gasteiger partial charge on any atom is -0.366 e. The summed E-state index contributed by atoms with van der Waals surface area (Å²) in [7, 11) is 0.